The molecular formula is C12H13ClN4O3S. The van der Waals surface area contributed by atoms with E-state index in [4.69, 9.17) is 16.7 Å². The average Bonchev–Trinajstić information content (AvgIpc) is 2.78. The monoisotopic (exact) mass is 328 g/mol. The number of sulfonamides is 1. The number of benzene rings is 1. The second-order valence-electron chi connectivity index (χ2n) is 4.49. The first-order valence-electron chi connectivity index (χ1n) is 5.81. The van der Waals surface area contributed by atoms with Crippen LogP contribution in [0.2, 0.25) is 5.02 Å². The Hall–Kier alpha value is -1.90. The molecule has 2 aromatic rings. The number of primary sulfonamides is 1. The Balaban J connectivity index is 2.38. The first-order chi connectivity index (χ1) is 9.70. The summed E-state index contributed by atoms with van der Waals surface area (Å²) in [5.41, 5.74) is 1.17. The van der Waals surface area contributed by atoms with Crippen LogP contribution in [-0.2, 0) is 17.1 Å². The minimum Gasteiger partial charge on any atom is -0.330 e. The molecule has 21 heavy (non-hydrogen) atoms. The summed E-state index contributed by atoms with van der Waals surface area (Å²) in [4.78, 5) is 15.8. The SMILES string of the molecule is Cc1cc(S(N)(=O)=O)cc(Cl)c1NC(=O)c1cncn1C. The maximum absolute atomic E-state index is 12.1. The number of carbonyl (C=O) groups excluding carboxylic acids is 1. The van der Waals surface area contributed by atoms with Crippen molar-refractivity contribution in [3.05, 3.63) is 40.9 Å². The molecule has 2 rings (SSSR count). The Labute approximate surface area is 126 Å². The number of aromatic nitrogens is 2. The number of halogens is 1. The number of rotatable bonds is 3. The number of aryl methyl sites for hydroxylation is 2. The van der Waals surface area contributed by atoms with Crippen LogP contribution in [0.4, 0.5) is 5.69 Å². The third kappa shape index (κ3) is 3.23. The molecule has 0 atom stereocenters. The number of anilines is 1. The fourth-order valence-electron chi connectivity index (χ4n) is 1.79. The van der Waals surface area contributed by atoms with Crippen LogP contribution in [0.15, 0.2) is 29.6 Å². The van der Waals surface area contributed by atoms with E-state index in [9.17, 15) is 13.2 Å². The zero-order chi connectivity index (χ0) is 15.8. The van der Waals surface area contributed by atoms with E-state index in [-0.39, 0.29) is 9.92 Å². The molecule has 1 amide bonds. The molecule has 9 heteroatoms. The molecule has 0 fully saturated rings. The lowest BCUT2D eigenvalue weighted by Crippen LogP contribution is -2.17. The maximum Gasteiger partial charge on any atom is 0.273 e. The van der Waals surface area contributed by atoms with Gasteiger partial charge in [0.2, 0.25) is 10.0 Å². The summed E-state index contributed by atoms with van der Waals surface area (Å²) in [6, 6.07) is 2.54. The Morgan fingerprint density at radius 1 is 1.43 bits per heavy atom. The van der Waals surface area contributed by atoms with Crippen LogP contribution in [0.3, 0.4) is 0 Å². The molecule has 3 N–H and O–H groups in total. The van der Waals surface area contributed by atoms with Crippen LogP contribution in [-0.4, -0.2) is 23.9 Å². The molecule has 0 bridgehead atoms. The van der Waals surface area contributed by atoms with Crippen molar-refractivity contribution in [2.75, 3.05) is 5.32 Å². The number of nitrogens with two attached hydrogens (primary N) is 1. The van der Waals surface area contributed by atoms with Crippen LogP contribution in [0.1, 0.15) is 16.1 Å². The van der Waals surface area contributed by atoms with Crippen molar-refractivity contribution in [3.8, 4) is 0 Å². The van der Waals surface area contributed by atoms with Crippen LogP contribution >= 0.6 is 11.6 Å². The molecule has 7 nitrogen and oxygen atoms in total. The first kappa shape index (κ1) is 15.5. The Morgan fingerprint density at radius 3 is 2.57 bits per heavy atom. The van der Waals surface area contributed by atoms with Crippen molar-refractivity contribution in [2.24, 2.45) is 12.2 Å². The third-order valence-corrected chi connectivity index (χ3v) is 4.07. The lowest BCUT2D eigenvalue weighted by atomic mass is 10.2. The van der Waals surface area contributed by atoms with Gasteiger partial charge in [0.05, 0.1) is 28.1 Å². The first-order valence-corrected chi connectivity index (χ1v) is 7.73. The standard InChI is InChI=1S/C12H13ClN4O3S/c1-7-3-8(21(14,19)20)4-9(13)11(7)16-12(18)10-5-15-6-17(10)2/h3-6H,1-2H3,(H,16,18)(H2,14,19,20). The smallest absolute Gasteiger partial charge is 0.273 e. The van der Waals surface area contributed by atoms with Gasteiger partial charge in [-0.15, -0.1) is 0 Å². The van der Waals surface area contributed by atoms with E-state index in [1.165, 1.54) is 24.7 Å². The Kier molecular flexibility index (Phi) is 4.04. The molecule has 0 spiro atoms. The summed E-state index contributed by atoms with van der Waals surface area (Å²) in [6.45, 7) is 1.62. The van der Waals surface area contributed by atoms with Gasteiger partial charge in [-0.25, -0.2) is 18.5 Å². The molecule has 0 radical (unpaired) electrons. The summed E-state index contributed by atoms with van der Waals surface area (Å²) < 4.78 is 24.2. The molecule has 0 aliphatic heterocycles. The van der Waals surface area contributed by atoms with Crippen molar-refractivity contribution in [1.29, 1.82) is 0 Å². The number of imidazole rings is 1. The Bertz CT molecular complexity index is 791. The summed E-state index contributed by atoms with van der Waals surface area (Å²) in [5.74, 6) is -0.400. The predicted octanol–water partition coefficient (Wildman–Crippen LogP) is 1.28. The highest BCUT2D eigenvalue weighted by Gasteiger charge is 2.17. The number of carbonyl (C=O) groups is 1. The van der Waals surface area contributed by atoms with E-state index >= 15 is 0 Å². The number of hydrogen-bond acceptors (Lipinski definition) is 4. The fourth-order valence-corrected chi connectivity index (χ4v) is 2.79. The van der Waals surface area contributed by atoms with Gasteiger partial charge < -0.3 is 9.88 Å². The van der Waals surface area contributed by atoms with Crippen LogP contribution < -0.4 is 10.5 Å². The zero-order valence-corrected chi connectivity index (χ0v) is 12.9. The highest BCUT2D eigenvalue weighted by molar-refractivity contribution is 7.89. The topological polar surface area (TPSA) is 107 Å². The van der Waals surface area contributed by atoms with Gasteiger partial charge in [0, 0.05) is 7.05 Å². The van der Waals surface area contributed by atoms with E-state index in [2.05, 4.69) is 10.3 Å². The van der Waals surface area contributed by atoms with Gasteiger partial charge in [-0.05, 0) is 24.6 Å². The molecule has 1 aromatic carbocycles. The number of amides is 1. The molecule has 0 saturated heterocycles. The highest BCUT2D eigenvalue weighted by atomic mass is 35.5. The number of nitrogens with one attached hydrogen (secondary N) is 1. The largest absolute Gasteiger partial charge is 0.330 e. The summed E-state index contributed by atoms with van der Waals surface area (Å²) in [7, 11) is -2.17. The Morgan fingerprint density at radius 2 is 2.10 bits per heavy atom. The lowest BCUT2D eigenvalue weighted by Gasteiger charge is -2.12. The van der Waals surface area contributed by atoms with E-state index in [1.54, 1.807) is 18.5 Å². The molecule has 1 heterocycles. The van der Waals surface area contributed by atoms with Crippen LogP contribution in [0, 0.1) is 6.92 Å². The quantitative estimate of drug-likeness (QED) is 0.884. The van der Waals surface area contributed by atoms with Gasteiger partial charge in [0.1, 0.15) is 5.69 Å². The summed E-state index contributed by atoms with van der Waals surface area (Å²) in [6.07, 6.45) is 2.91. The molecule has 0 aliphatic carbocycles. The van der Waals surface area contributed by atoms with Crippen molar-refractivity contribution in [1.82, 2.24) is 9.55 Å². The molecule has 0 aliphatic rings. The average molecular weight is 329 g/mol. The number of hydrogen-bond donors (Lipinski definition) is 2. The normalized spacial score (nSPS) is 11.4. The van der Waals surface area contributed by atoms with Crippen molar-refractivity contribution in [2.45, 2.75) is 11.8 Å². The predicted molar refractivity (Wildman–Crippen MR) is 78.7 cm³/mol. The highest BCUT2D eigenvalue weighted by Crippen LogP contribution is 2.29. The third-order valence-electron chi connectivity index (χ3n) is 2.88. The van der Waals surface area contributed by atoms with Crippen LogP contribution in [0.5, 0.6) is 0 Å². The van der Waals surface area contributed by atoms with Gasteiger partial charge in [-0.1, -0.05) is 11.6 Å². The molecule has 1 aromatic heterocycles. The molecule has 0 saturated carbocycles. The van der Waals surface area contributed by atoms with E-state index in [0.29, 0.717) is 16.9 Å². The number of nitrogens with zero attached hydrogens (tertiary/aromatic N) is 2. The minimum atomic E-state index is -3.85. The second-order valence-corrected chi connectivity index (χ2v) is 6.45. The minimum absolute atomic E-state index is 0.0922. The van der Waals surface area contributed by atoms with Crippen LogP contribution in [0.25, 0.3) is 0 Å². The van der Waals surface area contributed by atoms with E-state index in [1.807, 2.05) is 0 Å². The summed E-state index contributed by atoms with van der Waals surface area (Å²) in [5, 5.41) is 7.78. The maximum atomic E-state index is 12.1. The van der Waals surface area contributed by atoms with Gasteiger partial charge in [0.25, 0.3) is 5.91 Å². The second kappa shape index (κ2) is 5.47. The summed E-state index contributed by atoms with van der Waals surface area (Å²) >= 11 is 6.03. The van der Waals surface area contributed by atoms with Gasteiger partial charge in [0.15, 0.2) is 0 Å². The molecule has 0 unspecified atom stereocenters. The van der Waals surface area contributed by atoms with Crippen molar-refractivity contribution >= 4 is 33.2 Å². The van der Waals surface area contributed by atoms with Gasteiger partial charge >= 0.3 is 0 Å². The molecule has 112 valence electrons. The zero-order valence-electron chi connectivity index (χ0n) is 11.3. The van der Waals surface area contributed by atoms with E-state index in [0.717, 1.165) is 0 Å². The van der Waals surface area contributed by atoms with Gasteiger partial charge in [-0.2, -0.15) is 0 Å². The van der Waals surface area contributed by atoms with Crippen molar-refractivity contribution in [3.63, 3.8) is 0 Å². The van der Waals surface area contributed by atoms with Crippen molar-refractivity contribution < 1.29 is 13.2 Å². The lowest BCUT2D eigenvalue weighted by molar-refractivity contribution is 0.101. The molecular weight excluding hydrogens is 316 g/mol. The fraction of sp³-hybridized carbons (Fsp3) is 0.167. The van der Waals surface area contributed by atoms with E-state index < -0.39 is 15.9 Å². The van der Waals surface area contributed by atoms with Gasteiger partial charge in [-0.3, -0.25) is 4.79 Å².